The summed E-state index contributed by atoms with van der Waals surface area (Å²) in [6.45, 7) is 12.0. The molecule has 2 aromatic rings. The Morgan fingerprint density at radius 2 is 1.32 bits per heavy atom. The topological polar surface area (TPSA) is 104 Å². The van der Waals surface area contributed by atoms with Gasteiger partial charge in [-0.25, -0.2) is 4.79 Å². The molecular weight excluding hydrogens is 354 g/mol. The van der Waals surface area contributed by atoms with Gasteiger partial charge in [-0.2, -0.15) is 0 Å². The number of nitrogens with one attached hydrogen (secondary N) is 2. The Hall–Kier alpha value is -3.02. The molecule has 0 saturated carbocycles. The van der Waals surface area contributed by atoms with Crippen LogP contribution in [0.2, 0.25) is 0 Å². The lowest BCUT2D eigenvalue weighted by Crippen LogP contribution is -2.21. The maximum atomic E-state index is 12.9. The first-order chi connectivity index (χ1) is 12.8. The van der Waals surface area contributed by atoms with Gasteiger partial charge in [0.05, 0.1) is 0 Å². The Morgan fingerprint density at radius 3 is 1.75 bits per heavy atom. The van der Waals surface area contributed by atoms with Crippen LogP contribution in [0, 0.1) is 0 Å². The molecule has 0 heterocycles. The Morgan fingerprint density at radius 1 is 0.857 bits per heavy atom. The predicted molar refractivity (Wildman–Crippen MR) is 113 cm³/mol. The van der Waals surface area contributed by atoms with Gasteiger partial charge in [-0.3, -0.25) is 4.79 Å². The number of phenolic OH excluding ortho intramolecular Hbond substituents is 1. The average Bonchev–Trinajstić information content (AvgIpc) is 2.52. The lowest BCUT2D eigenvalue weighted by atomic mass is 9.78. The van der Waals surface area contributed by atoms with Crippen LogP contribution in [0.25, 0.3) is 0 Å². The first-order valence-electron chi connectivity index (χ1n) is 9.15. The van der Waals surface area contributed by atoms with Gasteiger partial charge in [-0.15, -0.1) is 0 Å². The summed E-state index contributed by atoms with van der Waals surface area (Å²) in [7, 11) is 0. The second kappa shape index (κ2) is 7.54. The zero-order chi connectivity index (χ0) is 21.3. The van der Waals surface area contributed by atoms with Gasteiger partial charge >= 0.3 is 6.03 Å². The van der Waals surface area contributed by atoms with E-state index < -0.39 is 6.03 Å². The lowest BCUT2D eigenvalue weighted by Gasteiger charge is -2.28. The van der Waals surface area contributed by atoms with Crippen molar-refractivity contribution in [3.8, 4) is 5.75 Å². The smallest absolute Gasteiger partial charge is 0.316 e. The van der Waals surface area contributed by atoms with Gasteiger partial charge in [0.25, 0.3) is 5.91 Å². The second-order valence-corrected chi connectivity index (χ2v) is 8.94. The van der Waals surface area contributed by atoms with Crippen molar-refractivity contribution in [3.05, 3.63) is 53.1 Å². The molecule has 0 unspecified atom stereocenters. The van der Waals surface area contributed by atoms with E-state index in [9.17, 15) is 14.7 Å². The van der Waals surface area contributed by atoms with Gasteiger partial charge in [0.1, 0.15) is 5.75 Å². The molecule has 150 valence electrons. The summed E-state index contributed by atoms with van der Waals surface area (Å²) >= 11 is 0. The number of anilines is 2. The molecule has 0 atom stereocenters. The van der Waals surface area contributed by atoms with Gasteiger partial charge in [0.2, 0.25) is 0 Å². The van der Waals surface area contributed by atoms with E-state index >= 15 is 0 Å². The van der Waals surface area contributed by atoms with Crippen molar-refractivity contribution < 1.29 is 14.7 Å². The van der Waals surface area contributed by atoms with E-state index in [1.54, 1.807) is 36.4 Å². The van der Waals surface area contributed by atoms with Crippen LogP contribution in [0.4, 0.5) is 16.2 Å². The zero-order valence-electron chi connectivity index (χ0n) is 17.3. The number of primary amides is 1. The minimum Gasteiger partial charge on any atom is -0.507 e. The molecule has 0 aliphatic carbocycles. The van der Waals surface area contributed by atoms with Crippen LogP contribution in [-0.2, 0) is 10.8 Å². The van der Waals surface area contributed by atoms with E-state index in [-0.39, 0.29) is 22.5 Å². The number of rotatable bonds is 3. The predicted octanol–water partition coefficient (Wildman–Crippen LogP) is 4.73. The molecule has 28 heavy (non-hydrogen) atoms. The molecule has 0 aromatic heterocycles. The quantitative estimate of drug-likeness (QED) is 0.616. The average molecular weight is 383 g/mol. The highest BCUT2D eigenvalue weighted by molar-refractivity contribution is 6.05. The number of aromatic hydroxyl groups is 1. The number of amides is 3. The Balaban J connectivity index is 2.44. The fourth-order valence-electron chi connectivity index (χ4n) is 2.93. The molecule has 0 aliphatic rings. The zero-order valence-corrected chi connectivity index (χ0v) is 17.3. The summed E-state index contributed by atoms with van der Waals surface area (Å²) in [6.07, 6.45) is 0. The van der Waals surface area contributed by atoms with E-state index in [2.05, 4.69) is 10.6 Å². The number of hydrogen-bond acceptors (Lipinski definition) is 3. The van der Waals surface area contributed by atoms with E-state index in [1.807, 2.05) is 41.5 Å². The van der Waals surface area contributed by atoms with Crippen LogP contribution in [0.5, 0.6) is 5.75 Å². The van der Waals surface area contributed by atoms with Gasteiger partial charge in [0, 0.05) is 28.1 Å². The molecule has 3 amide bonds. The third-order valence-corrected chi connectivity index (χ3v) is 4.38. The number of carbonyl (C=O) groups is 2. The van der Waals surface area contributed by atoms with Crippen molar-refractivity contribution in [1.29, 1.82) is 0 Å². The molecular formula is C22H29N3O3. The van der Waals surface area contributed by atoms with Gasteiger partial charge in [0.15, 0.2) is 0 Å². The Labute approximate surface area is 166 Å². The third-order valence-electron chi connectivity index (χ3n) is 4.38. The fraction of sp³-hybridized carbons (Fsp3) is 0.364. The maximum Gasteiger partial charge on any atom is 0.316 e. The number of nitrogens with two attached hydrogens (primary N) is 1. The summed E-state index contributed by atoms with van der Waals surface area (Å²) in [5, 5.41) is 16.1. The highest BCUT2D eigenvalue weighted by Gasteiger charge is 2.27. The number of carbonyl (C=O) groups excluding carboxylic acids is 2. The van der Waals surface area contributed by atoms with Gasteiger partial charge in [-0.1, -0.05) is 47.6 Å². The molecule has 0 saturated heterocycles. The van der Waals surface area contributed by atoms with Crippen LogP contribution in [0.15, 0.2) is 36.4 Å². The summed E-state index contributed by atoms with van der Waals surface area (Å²) in [4.78, 5) is 23.9. The van der Waals surface area contributed by atoms with Crippen molar-refractivity contribution in [1.82, 2.24) is 0 Å². The van der Waals surface area contributed by atoms with Gasteiger partial charge in [-0.05, 0) is 41.2 Å². The summed E-state index contributed by atoms with van der Waals surface area (Å²) in [5.41, 5.74) is 7.39. The minimum absolute atomic E-state index is 0.226. The normalized spacial score (nSPS) is 11.8. The van der Waals surface area contributed by atoms with Crippen molar-refractivity contribution in [2.75, 3.05) is 10.6 Å². The van der Waals surface area contributed by atoms with Crippen LogP contribution in [-0.4, -0.2) is 17.0 Å². The fourth-order valence-corrected chi connectivity index (χ4v) is 2.93. The maximum absolute atomic E-state index is 12.9. The van der Waals surface area contributed by atoms with E-state index in [4.69, 9.17) is 5.73 Å². The monoisotopic (exact) mass is 383 g/mol. The number of phenols is 1. The number of urea groups is 1. The molecule has 0 aliphatic heterocycles. The van der Waals surface area contributed by atoms with Crippen molar-refractivity contribution in [2.24, 2.45) is 5.73 Å². The minimum atomic E-state index is -0.674. The Bertz CT molecular complexity index is 871. The number of hydrogen-bond donors (Lipinski definition) is 4. The van der Waals surface area contributed by atoms with Gasteiger partial charge < -0.3 is 21.5 Å². The van der Waals surface area contributed by atoms with Crippen molar-refractivity contribution >= 4 is 23.3 Å². The molecule has 0 spiro atoms. The molecule has 2 aromatic carbocycles. The molecule has 5 N–H and O–H groups in total. The van der Waals surface area contributed by atoms with Crippen LogP contribution >= 0.6 is 0 Å². The SMILES string of the molecule is CC(C)(C)c1cc(C(=O)Nc2cccc(NC(N)=O)c2)cc(C(C)(C)C)c1O. The number of benzene rings is 2. The van der Waals surface area contributed by atoms with Crippen LogP contribution in [0.1, 0.15) is 63.0 Å². The molecule has 0 bridgehead atoms. The van der Waals surface area contributed by atoms with E-state index in [1.165, 1.54) is 0 Å². The standard InChI is InChI=1S/C22H29N3O3/c1-21(2,3)16-10-13(11-17(18(16)26)22(4,5)6)19(27)24-14-8-7-9-15(12-14)25-20(23)28/h7-12,26H,1-6H3,(H,24,27)(H3,23,25,28). The van der Waals surface area contributed by atoms with Crippen LogP contribution < -0.4 is 16.4 Å². The summed E-state index contributed by atoms with van der Waals surface area (Å²) < 4.78 is 0. The largest absolute Gasteiger partial charge is 0.507 e. The lowest BCUT2D eigenvalue weighted by molar-refractivity contribution is 0.102. The van der Waals surface area contributed by atoms with Crippen molar-refractivity contribution in [3.63, 3.8) is 0 Å². The molecule has 6 nitrogen and oxygen atoms in total. The first kappa shape index (κ1) is 21.3. The highest BCUT2D eigenvalue weighted by Crippen LogP contribution is 2.39. The van der Waals surface area contributed by atoms with E-state index in [0.717, 1.165) is 0 Å². The summed E-state index contributed by atoms with van der Waals surface area (Å²) in [6, 6.07) is 9.51. The third kappa shape index (κ3) is 5.03. The molecule has 2 rings (SSSR count). The first-order valence-corrected chi connectivity index (χ1v) is 9.15. The highest BCUT2D eigenvalue weighted by atomic mass is 16.3. The van der Waals surface area contributed by atoms with Crippen molar-refractivity contribution in [2.45, 2.75) is 52.4 Å². The second-order valence-electron chi connectivity index (χ2n) is 8.94. The van der Waals surface area contributed by atoms with Crippen LogP contribution in [0.3, 0.4) is 0 Å². The molecule has 0 fully saturated rings. The summed E-state index contributed by atoms with van der Waals surface area (Å²) in [5.74, 6) is -0.0727. The van der Waals surface area contributed by atoms with E-state index in [0.29, 0.717) is 28.1 Å². The molecule has 6 heteroatoms. The Kier molecular flexibility index (Phi) is 5.73. The molecule has 0 radical (unpaired) electrons.